The number of benzene rings is 1. The largest absolute Gasteiger partial charge is 0.438 e. The van der Waals surface area contributed by atoms with Gasteiger partial charge in [0.1, 0.15) is 28.6 Å². The van der Waals surface area contributed by atoms with Crippen molar-refractivity contribution in [2.45, 2.75) is 6.92 Å². The molecule has 0 radical (unpaired) electrons. The Morgan fingerprint density at radius 1 is 1.32 bits per heavy atom. The molecule has 2 aromatic heterocycles. The highest BCUT2D eigenvalue weighted by molar-refractivity contribution is 9.10. The summed E-state index contributed by atoms with van der Waals surface area (Å²) in [6.07, 6.45) is 2.77. The monoisotopic (exact) mass is 482 g/mol. The maximum absolute atomic E-state index is 13.2. The van der Waals surface area contributed by atoms with E-state index in [1.54, 1.807) is 36.5 Å². The minimum atomic E-state index is -0.622. The summed E-state index contributed by atoms with van der Waals surface area (Å²) in [5.74, 6) is -0.173. The van der Waals surface area contributed by atoms with Gasteiger partial charge in [0.2, 0.25) is 5.88 Å². The van der Waals surface area contributed by atoms with Crippen LogP contribution >= 0.6 is 15.9 Å². The van der Waals surface area contributed by atoms with Crippen LogP contribution in [0.3, 0.4) is 0 Å². The molecular weight excluding hydrogens is 464 g/mol. The van der Waals surface area contributed by atoms with Crippen molar-refractivity contribution in [2.24, 2.45) is 0 Å². The molecule has 0 fully saturated rings. The highest BCUT2D eigenvalue weighted by atomic mass is 79.9. The van der Waals surface area contributed by atoms with Crippen molar-refractivity contribution in [3.63, 3.8) is 0 Å². The summed E-state index contributed by atoms with van der Waals surface area (Å²) >= 11 is 3.36. The van der Waals surface area contributed by atoms with Gasteiger partial charge in [-0.25, -0.2) is 0 Å². The minimum absolute atomic E-state index is 0.000867. The van der Waals surface area contributed by atoms with E-state index in [-0.39, 0.29) is 23.6 Å². The lowest BCUT2D eigenvalue weighted by Gasteiger charge is -2.11. The Balaban J connectivity index is 2.14. The zero-order valence-electron chi connectivity index (χ0n) is 16.9. The SMILES string of the molecule is COCCNC(=O)/C(C#N)=C/c1c(Oc2ccc(Br)cc2)nc2c(C)cccn2c1=O. The topological polar surface area (TPSA) is 106 Å². The number of aromatic nitrogens is 2. The Morgan fingerprint density at radius 2 is 2.06 bits per heavy atom. The van der Waals surface area contributed by atoms with Crippen molar-refractivity contribution in [2.75, 3.05) is 20.3 Å². The van der Waals surface area contributed by atoms with Gasteiger partial charge in [-0.05, 0) is 48.9 Å². The number of ether oxygens (including phenoxy) is 2. The normalized spacial score (nSPS) is 11.2. The maximum Gasteiger partial charge on any atom is 0.269 e. The van der Waals surface area contributed by atoms with Crippen LogP contribution in [0.15, 0.2) is 57.4 Å². The summed E-state index contributed by atoms with van der Waals surface area (Å²) in [6.45, 7) is 2.34. The molecule has 8 nitrogen and oxygen atoms in total. The fraction of sp³-hybridized carbons (Fsp3) is 0.182. The van der Waals surface area contributed by atoms with Crippen LogP contribution in [0.25, 0.3) is 11.7 Å². The quantitative estimate of drug-likeness (QED) is 0.314. The smallest absolute Gasteiger partial charge is 0.269 e. The summed E-state index contributed by atoms with van der Waals surface area (Å²) in [6, 6.07) is 12.4. The number of nitrogens with one attached hydrogen (secondary N) is 1. The number of rotatable bonds is 7. The van der Waals surface area contributed by atoms with Crippen molar-refractivity contribution in [3.05, 3.63) is 74.1 Å². The molecule has 0 saturated heterocycles. The lowest BCUT2D eigenvalue weighted by atomic mass is 10.1. The average Bonchev–Trinajstić information content (AvgIpc) is 2.76. The number of amides is 1. The van der Waals surface area contributed by atoms with Crippen LogP contribution in [0.5, 0.6) is 11.6 Å². The van der Waals surface area contributed by atoms with Crippen molar-refractivity contribution >= 4 is 33.6 Å². The van der Waals surface area contributed by atoms with E-state index in [1.807, 2.05) is 19.1 Å². The molecule has 1 N–H and O–H groups in total. The number of fused-ring (bicyclic) bond motifs is 1. The van der Waals surface area contributed by atoms with E-state index in [0.717, 1.165) is 10.0 Å². The maximum atomic E-state index is 13.2. The van der Waals surface area contributed by atoms with Gasteiger partial charge in [-0.1, -0.05) is 22.0 Å². The van der Waals surface area contributed by atoms with Crippen molar-refractivity contribution in [3.8, 4) is 17.7 Å². The van der Waals surface area contributed by atoms with Crippen LogP contribution < -0.4 is 15.6 Å². The predicted molar refractivity (Wildman–Crippen MR) is 119 cm³/mol. The Hall–Kier alpha value is -3.48. The molecule has 0 bridgehead atoms. The van der Waals surface area contributed by atoms with E-state index in [9.17, 15) is 14.9 Å². The van der Waals surface area contributed by atoms with Gasteiger partial charge < -0.3 is 14.8 Å². The molecule has 0 aliphatic carbocycles. The van der Waals surface area contributed by atoms with Gasteiger partial charge in [-0.15, -0.1) is 0 Å². The molecule has 2 heterocycles. The Labute approximate surface area is 186 Å². The van der Waals surface area contributed by atoms with Crippen LogP contribution in [0, 0.1) is 18.3 Å². The number of halogens is 1. The van der Waals surface area contributed by atoms with Gasteiger partial charge in [0.15, 0.2) is 0 Å². The molecule has 1 aromatic carbocycles. The number of methoxy groups -OCH3 is 1. The second kappa shape index (κ2) is 10.0. The zero-order valence-corrected chi connectivity index (χ0v) is 18.5. The third-order valence-electron chi connectivity index (χ3n) is 4.32. The molecule has 0 spiro atoms. The third kappa shape index (κ3) is 5.17. The first-order valence-electron chi connectivity index (χ1n) is 9.29. The number of hydrogen-bond acceptors (Lipinski definition) is 6. The lowest BCUT2D eigenvalue weighted by Crippen LogP contribution is -2.28. The summed E-state index contributed by atoms with van der Waals surface area (Å²) in [7, 11) is 1.50. The Morgan fingerprint density at radius 3 is 2.74 bits per heavy atom. The number of nitriles is 1. The van der Waals surface area contributed by atoms with Crippen molar-refractivity contribution in [1.29, 1.82) is 5.26 Å². The van der Waals surface area contributed by atoms with Gasteiger partial charge >= 0.3 is 0 Å². The highest BCUT2D eigenvalue weighted by Crippen LogP contribution is 2.26. The third-order valence-corrected chi connectivity index (χ3v) is 4.85. The van der Waals surface area contributed by atoms with Gasteiger partial charge in [0.05, 0.1) is 6.61 Å². The van der Waals surface area contributed by atoms with Crippen LogP contribution in [0.2, 0.25) is 0 Å². The molecular formula is C22H19BrN4O4. The second-order valence-corrected chi connectivity index (χ2v) is 7.41. The van der Waals surface area contributed by atoms with Gasteiger partial charge in [0, 0.05) is 24.3 Å². The summed E-state index contributed by atoms with van der Waals surface area (Å²) in [5.41, 5.74) is 0.472. The molecule has 3 rings (SSSR count). The van der Waals surface area contributed by atoms with Crippen LogP contribution in [0.4, 0.5) is 0 Å². The number of nitrogens with zero attached hydrogens (tertiary/aromatic N) is 3. The summed E-state index contributed by atoms with van der Waals surface area (Å²) < 4.78 is 13.0. The highest BCUT2D eigenvalue weighted by Gasteiger charge is 2.18. The van der Waals surface area contributed by atoms with E-state index < -0.39 is 11.5 Å². The Kier molecular flexibility index (Phi) is 7.18. The fourth-order valence-electron chi connectivity index (χ4n) is 2.76. The molecule has 158 valence electrons. The van der Waals surface area contributed by atoms with E-state index >= 15 is 0 Å². The first-order chi connectivity index (χ1) is 14.9. The van der Waals surface area contributed by atoms with Crippen molar-refractivity contribution < 1.29 is 14.3 Å². The molecule has 0 saturated carbocycles. The first-order valence-corrected chi connectivity index (χ1v) is 10.1. The van der Waals surface area contributed by atoms with Crippen LogP contribution in [0.1, 0.15) is 11.1 Å². The fourth-order valence-corrected chi connectivity index (χ4v) is 3.03. The molecule has 0 atom stereocenters. The molecule has 1 amide bonds. The number of aryl methyl sites for hydroxylation is 1. The minimum Gasteiger partial charge on any atom is -0.438 e. The standard InChI is InChI=1S/C22H19BrN4O4/c1-14-4-3-10-27-19(14)26-21(31-17-7-5-16(23)6-8-17)18(22(27)29)12-15(13-24)20(28)25-9-11-30-2/h3-8,10,12H,9,11H2,1-2H3,(H,25,28)/b15-12+. The van der Waals surface area contributed by atoms with Gasteiger partial charge in [-0.2, -0.15) is 10.2 Å². The number of pyridine rings is 1. The molecule has 0 aliphatic rings. The van der Waals surface area contributed by atoms with Gasteiger partial charge in [0.25, 0.3) is 11.5 Å². The lowest BCUT2D eigenvalue weighted by molar-refractivity contribution is -0.117. The Bertz CT molecular complexity index is 1240. The van der Waals surface area contributed by atoms with Crippen LogP contribution in [-0.4, -0.2) is 35.6 Å². The second-order valence-electron chi connectivity index (χ2n) is 6.50. The summed E-state index contributed by atoms with van der Waals surface area (Å²) in [5, 5.41) is 12.1. The van der Waals surface area contributed by atoms with Crippen LogP contribution in [-0.2, 0) is 9.53 Å². The van der Waals surface area contributed by atoms with E-state index in [2.05, 4.69) is 26.2 Å². The zero-order chi connectivity index (χ0) is 22.4. The summed E-state index contributed by atoms with van der Waals surface area (Å²) in [4.78, 5) is 30.1. The van der Waals surface area contributed by atoms with Gasteiger partial charge in [-0.3, -0.25) is 14.0 Å². The van der Waals surface area contributed by atoms with E-state index in [0.29, 0.717) is 18.0 Å². The molecule has 9 heteroatoms. The van der Waals surface area contributed by atoms with Crippen molar-refractivity contribution in [1.82, 2.24) is 14.7 Å². The first kappa shape index (κ1) is 22.2. The molecule has 31 heavy (non-hydrogen) atoms. The predicted octanol–water partition coefficient (Wildman–Crippen LogP) is 3.23. The number of hydrogen-bond donors (Lipinski definition) is 1. The number of carbonyl (C=O) groups is 1. The molecule has 3 aromatic rings. The van der Waals surface area contributed by atoms with E-state index in [4.69, 9.17) is 9.47 Å². The average molecular weight is 483 g/mol. The van der Waals surface area contributed by atoms with E-state index in [1.165, 1.54) is 17.6 Å². The molecule has 0 unspecified atom stereocenters. The molecule has 0 aliphatic heterocycles. The number of carbonyl (C=O) groups excluding carboxylic acids is 1.